The molecule has 0 aliphatic rings. The minimum atomic E-state index is 0.438. The molecule has 2 rings (SSSR count). The summed E-state index contributed by atoms with van der Waals surface area (Å²) >= 11 is 7.83. The number of aromatic nitrogens is 1. The van der Waals surface area contributed by atoms with Crippen LogP contribution in [0.15, 0.2) is 18.2 Å². The number of likely N-dealkylation sites (N-methyl/N-ethyl adjacent to an activating group) is 1. The number of nitrogens with one attached hydrogen (secondary N) is 1. The molecule has 1 atom stereocenters. The maximum absolute atomic E-state index is 6.13. The van der Waals surface area contributed by atoms with Crippen LogP contribution in [0.3, 0.4) is 0 Å². The van der Waals surface area contributed by atoms with Gasteiger partial charge in [-0.2, -0.15) is 0 Å². The number of hydrogen-bond donors (Lipinski definition) is 1. The number of rotatable bonds is 4. The van der Waals surface area contributed by atoms with Crippen molar-refractivity contribution in [2.24, 2.45) is 0 Å². The normalized spacial score (nSPS) is 13.2. The van der Waals surface area contributed by atoms with Crippen molar-refractivity contribution in [1.29, 1.82) is 0 Å². The second-order valence-electron chi connectivity index (χ2n) is 3.85. The molecule has 1 aromatic carbocycles. The Morgan fingerprint density at radius 2 is 2.31 bits per heavy atom. The predicted octanol–water partition coefficient (Wildman–Crippen LogP) is 3.66. The lowest BCUT2D eigenvalue weighted by atomic mass is 10.2. The van der Waals surface area contributed by atoms with E-state index in [4.69, 9.17) is 11.6 Å². The molecule has 1 heterocycles. The third-order valence-corrected chi connectivity index (χ3v) is 4.27. The molecule has 1 aromatic heterocycles. The van der Waals surface area contributed by atoms with E-state index in [-0.39, 0.29) is 0 Å². The van der Waals surface area contributed by atoms with Gasteiger partial charge in [-0.1, -0.05) is 31.5 Å². The molecule has 2 aromatic rings. The topological polar surface area (TPSA) is 24.9 Å². The smallest absolute Gasteiger partial charge is 0.0979 e. The van der Waals surface area contributed by atoms with Crippen molar-refractivity contribution in [3.8, 4) is 0 Å². The van der Waals surface area contributed by atoms with Gasteiger partial charge in [0.25, 0.3) is 0 Å². The molecule has 4 heteroatoms. The number of halogens is 1. The van der Waals surface area contributed by atoms with Crippen LogP contribution in [0.5, 0.6) is 0 Å². The molecule has 0 aliphatic carbocycles. The average molecular weight is 255 g/mol. The minimum absolute atomic E-state index is 0.438. The lowest BCUT2D eigenvalue weighted by molar-refractivity contribution is 0.633. The van der Waals surface area contributed by atoms with Crippen LogP contribution in [-0.4, -0.2) is 18.1 Å². The first-order valence-electron chi connectivity index (χ1n) is 5.48. The minimum Gasteiger partial charge on any atom is -0.316 e. The maximum atomic E-state index is 6.13. The van der Waals surface area contributed by atoms with Crippen molar-refractivity contribution in [2.45, 2.75) is 19.8 Å². The van der Waals surface area contributed by atoms with E-state index in [1.807, 2.05) is 18.2 Å². The zero-order valence-electron chi connectivity index (χ0n) is 9.46. The fraction of sp³-hybridized carbons (Fsp3) is 0.417. The van der Waals surface area contributed by atoms with E-state index in [2.05, 4.69) is 24.1 Å². The molecule has 1 N–H and O–H groups in total. The first kappa shape index (κ1) is 11.8. The van der Waals surface area contributed by atoms with Crippen molar-refractivity contribution < 1.29 is 0 Å². The molecular weight excluding hydrogens is 240 g/mol. The van der Waals surface area contributed by atoms with Crippen molar-refractivity contribution in [3.05, 3.63) is 28.2 Å². The Bertz CT molecular complexity index is 481. The third kappa shape index (κ3) is 2.37. The molecule has 0 bridgehead atoms. The summed E-state index contributed by atoms with van der Waals surface area (Å²) < 4.78 is 1.10. The number of hydrogen-bond acceptors (Lipinski definition) is 3. The summed E-state index contributed by atoms with van der Waals surface area (Å²) in [6, 6.07) is 5.88. The summed E-state index contributed by atoms with van der Waals surface area (Å²) in [5, 5.41) is 5.30. The van der Waals surface area contributed by atoms with Gasteiger partial charge < -0.3 is 5.32 Å². The summed E-state index contributed by atoms with van der Waals surface area (Å²) in [7, 11) is 0. The number of nitrogens with zero attached hydrogens (tertiary/aromatic N) is 1. The van der Waals surface area contributed by atoms with Crippen molar-refractivity contribution in [2.75, 3.05) is 13.1 Å². The van der Waals surface area contributed by atoms with E-state index in [9.17, 15) is 0 Å². The molecule has 1 unspecified atom stereocenters. The largest absolute Gasteiger partial charge is 0.316 e. The van der Waals surface area contributed by atoms with Crippen LogP contribution in [-0.2, 0) is 0 Å². The standard InChI is InChI=1S/C12H15ClN2S/c1-3-14-7-8(2)12-15-10-6-4-5-9(13)11(10)16-12/h4-6,8,14H,3,7H2,1-2H3. The SMILES string of the molecule is CCNCC(C)c1nc2cccc(Cl)c2s1. The van der Waals surface area contributed by atoms with Gasteiger partial charge in [0, 0.05) is 12.5 Å². The molecule has 2 nitrogen and oxygen atoms in total. The van der Waals surface area contributed by atoms with Gasteiger partial charge in [-0.3, -0.25) is 0 Å². The van der Waals surface area contributed by atoms with Gasteiger partial charge in [0.05, 0.1) is 20.2 Å². The highest BCUT2D eigenvalue weighted by Gasteiger charge is 2.12. The second kappa shape index (κ2) is 5.13. The molecule has 0 saturated heterocycles. The Kier molecular flexibility index (Phi) is 3.79. The van der Waals surface area contributed by atoms with Gasteiger partial charge in [0.2, 0.25) is 0 Å². The average Bonchev–Trinajstić information content (AvgIpc) is 2.71. The quantitative estimate of drug-likeness (QED) is 0.901. The Hall–Kier alpha value is -0.640. The van der Waals surface area contributed by atoms with E-state index >= 15 is 0 Å². The fourth-order valence-corrected chi connectivity index (χ4v) is 2.90. The van der Waals surface area contributed by atoms with E-state index in [1.165, 1.54) is 0 Å². The van der Waals surface area contributed by atoms with Gasteiger partial charge in [-0.15, -0.1) is 11.3 Å². The van der Waals surface area contributed by atoms with Gasteiger partial charge in [-0.25, -0.2) is 4.98 Å². The third-order valence-electron chi connectivity index (χ3n) is 2.51. The Morgan fingerprint density at radius 1 is 1.50 bits per heavy atom. The van der Waals surface area contributed by atoms with Crippen LogP contribution in [0.1, 0.15) is 24.8 Å². The second-order valence-corrected chi connectivity index (χ2v) is 5.29. The van der Waals surface area contributed by atoms with E-state index in [0.717, 1.165) is 33.3 Å². The predicted molar refractivity (Wildman–Crippen MR) is 71.6 cm³/mol. The van der Waals surface area contributed by atoms with Crippen LogP contribution < -0.4 is 5.32 Å². The summed E-state index contributed by atoms with van der Waals surface area (Å²) in [6.07, 6.45) is 0. The first-order chi connectivity index (χ1) is 7.72. The lowest BCUT2D eigenvalue weighted by Crippen LogP contribution is -2.19. The zero-order valence-corrected chi connectivity index (χ0v) is 11.0. The molecule has 0 aliphatic heterocycles. The number of benzene rings is 1. The first-order valence-corrected chi connectivity index (χ1v) is 6.67. The lowest BCUT2D eigenvalue weighted by Gasteiger charge is -2.07. The van der Waals surface area contributed by atoms with Gasteiger partial charge in [0.15, 0.2) is 0 Å². The van der Waals surface area contributed by atoms with Crippen LogP contribution in [0.4, 0.5) is 0 Å². The number of thiazole rings is 1. The molecule has 0 amide bonds. The summed E-state index contributed by atoms with van der Waals surface area (Å²) in [5.41, 5.74) is 1.01. The fourth-order valence-electron chi connectivity index (χ4n) is 1.59. The number of fused-ring (bicyclic) bond motifs is 1. The van der Waals surface area contributed by atoms with Crippen molar-refractivity contribution >= 4 is 33.2 Å². The van der Waals surface area contributed by atoms with Gasteiger partial charge in [0.1, 0.15) is 0 Å². The molecule has 0 fully saturated rings. The molecule has 0 radical (unpaired) electrons. The van der Waals surface area contributed by atoms with Crippen LogP contribution >= 0.6 is 22.9 Å². The van der Waals surface area contributed by atoms with Gasteiger partial charge in [-0.05, 0) is 18.7 Å². The van der Waals surface area contributed by atoms with Crippen LogP contribution in [0.25, 0.3) is 10.2 Å². The molecular formula is C12H15ClN2S. The summed E-state index contributed by atoms with van der Waals surface area (Å²) in [4.78, 5) is 4.62. The van der Waals surface area contributed by atoms with E-state index in [1.54, 1.807) is 11.3 Å². The summed E-state index contributed by atoms with van der Waals surface area (Å²) in [6.45, 7) is 6.26. The highest BCUT2D eigenvalue weighted by atomic mass is 35.5. The van der Waals surface area contributed by atoms with Crippen LogP contribution in [0, 0.1) is 0 Å². The van der Waals surface area contributed by atoms with Crippen molar-refractivity contribution in [3.63, 3.8) is 0 Å². The van der Waals surface area contributed by atoms with Gasteiger partial charge >= 0.3 is 0 Å². The van der Waals surface area contributed by atoms with Crippen LogP contribution in [0.2, 0.25) is 5.02 Å². The molecule has 16 heavy (non-hydrogen) atoms. The maximum Gasteiger partial charge on any atom is 0.0979 e. The monoisotopic (exact) mass is 254 g/mol. The molecule has 86 valence electrons. The highest BCUT2D eigenvalue weighted by molar-refractivity contribution is 7.19. The Balaban J connectivity index is 2.29. The Morgan fingerprint density at radius 3 is 3.00 bits per heavy atom. The van der Waals surface area contributed by atoms with Crippen molar-refractivity contribution in [1.82, 2.24) is 10.3 Å². The van der Waals surface area contributed by atoms with E-state index in [0.29, 0.717) is 5.92 Å². The van der Waals surface area contributed by atoms with E-state index < -0.39 is 0 Å². The molecule has 0 saturated carbocycles. The highest BCUT2D eigenvalue weighted by Crippen LogP contribution is 2.32. The Labute approximate surface area is 105 Å². The molecule has 0 spiro atoms. The summed E-state index contributed by atoms with van der Waals surface area (Å²) in [5.74, 6) is 0.438. The zero-order chi connectivity index (χ0) is 11.5.